The van der Waals surface area contributed by atoms with Crippen molar-refractivity contribution in [1.29, 1.82) is 0 Å². The van der Waals surface area contributed by atoms with Crippen molar-refractivity contribution in [3.63, 3.8) is 0 Å². The molecule has 23 heavy (non-hydrogen) atoms. The van der Waals surface area contributed by atoms with Gasteiger partial charge in [0.15, 0.2) is 0 Å². The van der Waals surface area contributed by atoms with Crippen molar-refractivity contribution in [2.24, 2.45) is 0 Å². The highest BCUT2D eigenvalue weighted by Gasteiger charge is 2.15. The fourth-order valence-electron chi connectivity index (χ4n) is 1.72. The molecule has 0 saturated heterocycles. The van der Waals surface area contributed by atoms with Crippen molar-refractivity contribution in [3.8, 4) is 0 Å². The largest absolute Gasteiger partial charge is 0.351 e. The normalized spacial score (nSPS) is 11.2. The quantitative estimate of drug-likeness (QED) is 0.817. The second-order valence-corrected chi connectivity index (χ2v) is 7.32. The Morgan fingerprint density at radius 1 is 0.913 bits per heavy atom. The molecule has 0 aliphatic heterocycles. The van der Waals surface area contributed by atoms with E-state index in [0.29, 0.717) is 16.6 Å². The third-order valence-electron chi connectivity index (χ3n) is 2.95. The Hall–Kier alpha value is -1.60. The van der Waals surface area contributed by atoms with Crippen molar-refractivity contribution < 1.29 is 13.2 Å². The minimum Gasteiger partial charge on any atom is -0.351 e. The number of nitrogens with one attached hydrogen (secondary N) is 2. The predicted octanol–water partition coefficient (Wildman–Crippen LogP) is 2.59. The van der Waals surface area contributed by atoms with Crippen molar-refractivity contribution >= 4 is 39.1 Å². The van der Waals surface area contributed by atoms with E-state index in [1.807, 2.05) is 0 Å². The molecule has 2 N–H and O–H groups in total. The van der Waals surface area contributed by atoms with Crippen LogP contribution in [0.25, 0.3) is 0 Å². The number of rotatable bonds is 6. The maximum Gasteiger partial charge on any atom is 0.241 e. The van der Waals surface area contributed by atoms with E-state index in [4.69, 9.17) is 23.2 Å². The van der Waals surface area contributed by atoms with Gasteiger partial charge in [0.1, 0.15) is 0 Å². The summed E-state index contributed by atoms with van der Waals surface area (Å²) in [7, 11) is -3.75. The first kappa shape index (κ1) is 17.7. The number of sulfonamides is 1. The summed E-state index contributed by atoms with van der Waals surface area (Å²) in [6.07, 6.45) is 0. The van der Waals surface area contributed by atoms with Crippen molar-refractivity contribution in [2.45, 2.75) is 11.4 Å². The Labute approximate surface area is 144 Å². The molecule has 5 nitrogen and oxygen atoms in total. The summed E-state index contributed by atoms with van der Waals surface area (Å²) in [6, 6.07) is 12.7. The lowest BCUT2D eigenvalue weighted by atomic mass is 10.2. The topological polar surface area (TPSA) is 75.3 Å². The van der Waals surface area contributed by atoms with Crippen LogP contribution in [0, 0.1) is 0 Å². The standard InChI is InChI=1S/C15H14Cl2N2O3S/c16-12-3-1-11(2-4-12)9-18-15(20)10-19-23(21,22)14-7-5-13(17)6-8-14/h1-8,19H,9-10H2,(H,18,20). The van der Waals surface area contributed by atoms with Gasteiger partial charge in [-0.05, 0) is 42.0 Å². The predicted molar refractivity (Wildman–Crippen MR) is 89.9 cm³/mol. The molecule has 0 bridgehead atoms. The summed E-state index contributed by atoms with van der Waals surface area (Å²) in [5.41, 5.74) is 0.864. The van der Waals surface area contributed by atoms with E-state index in [2.05, 4.69) is 10.0 Å². The number of halogens is 2. The molecule has 2 aromatic rings. The van der Waals surface area contributed by atoms with Crippen molar-refractivity contribution in [2.75, 3.05) is 6.54 Å². The molecule has 0 spiro atoms. The highest BCUT2D eigenvalue weighted by molar-refractivity contribution is 7.89. The van der Waals surface area contributed by atoms with Gasteiger partial charge in [-0.3, -0.25) is 4.79 Å². The number of benzene rings is 2. The zero-order valence-corrected chi connectivity index (χ0v) is 14.3. The molecule has 0 fully saturated rings. The zero-order valence-electron chi connectivity index (χ0n) is 11.9. The molecule has 8 heteroatoms. The summed E-state index contributed by atoms with van der Waals surface area (Å²) in [5, 5.41) is 3.66. The van der Waals surface area contributed by atoms with E-state index in [-0.39, 0.29) is 11.4 Å². The molecule has 0 atom stereocenters. The van der Waals surface area contributed by atoms with Crippen LogP contribution in [0.15, 0.2) is 53.4 Å². The molecule has 0 heterocycles. The lowest BCUT2D eigenvalue weighted by molar-refractivity contribution is -0.120. The van der Waals surface area contributed by atoms with E-state index < -0.39 is 15.9 Å². The first-order chi connectivity index (χ1) is 10.9. The van der Waals surface area contributed by atoms with E-state index in [1.54, 1.807) is 24.3 Å². The molecule has 0 aromatic heterocycles. The van der Waals surface area contributed by atoms with Crippen LogP contribution >= 0.6 is 23.2 Å². The Morgan fingerprint density at radius 3 is 2.00 bits per heavy atom. The molecule has 0 aliphatic rings. The number of carbonyl (C=O) groups excluding carboxylic acids is 1. The first-order valence-corrected chi connectivity index (χ1v) is 8.87. The van der Waals surface area contributed by atoms with Crippen LogP contribution in [-0.2, 0) is 21.4 Å². The van der Waals surface area contributed by atoms with Gasteiger partial charge in [0, 0.05) is 16.6 Å². The lowest BCUT2D eigenvalue weighted by Gasteiger charge is -2.08. The molecule has 0 saturated carbocycles. The molecule has 2 rings (SSSR count). The fraction of sp³-hybridized carbons (Fsp3) is 0.133. The Kier molecular flexibility index (Phi) is 6.01. The van der Waals surface area contributed by atoms with E-state index in [0.717, 1.165) is 5.56 Å². The maximum atomic E-state index is 12.0. The average Bonchev–Trinajstić information content (AvgIpc) is 2.53. The van der Waals surface area contributed by atoms with Crippen LogP contribution in [0.2, 0.25) is 10.0 Å². The highest BCUT2D eigenvalue weighted by atomic mass is 35.5. The van der Waals surface area contributed by atoms with Gasteiger partial charge in [-0.15, -0.1) is 0 Å². The Bertz CT molecular complexity index is 775. The molecule has 1 amide bonds. The smallest absolute Gasteiger partial charge is 0.241 e. The second-order valence-electron chi connectivity index (χ2n) is 4.68. The lowest BCUT2D eigenvalue weighted by Crippen LogP contribution is -2.36. The van der Waals surface area contributed by atoms with Gasteiger partial charge in [-0.25, -0.2) is 13.1 Å². The molecule has 0 unspecified atom stereocenters. The third-order valence-corrected chi connectivity index (χ3v) is 4.87. The monoisotopic (exact) mass is 372 g/mol. The zero-order chi connectivity index (χ0) is 16.9. The van der Waals surface area contributed by atoms with Gasteiger partial charge in [0.25, 0.3) is 0 Å². The Balaban J connectivity index is 1.86. The van der Waals surface area contributed by atoms with Gasteiger partial charge in [-0.2, -0.15) is 0 Å². The van der Waals surface area contributed by atoms with Crippen LogP contribution in [0.4, 0.5) is 0 Å². The molecular weight excluding hydrogens is 359 g/mol. The van der Waals surface area contributed by atoms with Gasteiger partial charge in [0.2, 0.25) is 15.9 Å². The summed E-state index contributed by atoms with van der Waals surface area (Å²) < 4.78 is 26.3. The van der Waals surface area contributed by atoms with Gasteiger partial charge < -0.3 is 5.32 Å². The minimum atomic E-state index is -3.75. The van der Waals surface area contributed by atoms with E-state index >= 15 is 0 Å². The molecular formula is C15H14Cl2N2O3S. The van der Waals surface area contributed by atoms with Gasteiger partial charge >= 0.3 is 0 Å². The number of carbonyl (C=O) groups is 1. The van der Waals surface area contributed by atoms with Crippen molar-refractivity contribution in [1.82, 2.24) is 10.0 Å². The fourth-order valence-corrected chi connectivity index (χ4v) is 2.96. The van der Waals surface area contributed by atoms with Crippen LogP contribution < -0.4 is 10.0 Å². The number of hydrogen-bond donors (Lipinski definition) is 2. The maximum absolute atomic E-state index is 12.0. The third kappa shape index (κ3) is 5.51. The molecule has 0 radical (unpaired) electrons. The number of amides is 1. The molecule has 122 valence electrons. The number of hydrogen-bond acceptors (Lipinski definition) is 3. The van der Waals surface area contributed by atoms with Gasteiger partial charge in [-0.1, -0.05) is 35.3 Å². The summed E-state index contributed by atoms with van der Waals surface area (Å²) in [4.78, 5) is 11.8. The first-order valence-electron chi connectivity index (χ1n) is 6.63. The summed E-state index contributed by atoms with van der Waals surface area (Å²) in [5.74, 6) is -0.433. The van der Waals surface area contributed by atoms with Crippen molar-refractivity contribution in [3.05, 3.63) is 64.1 Å². The average molecular weight is 373 g/mol. The minimum absolute atomic E-state index is 0.0485. The summed E-state index contributed by atoms with van der Waals surface area (Å²) in [6.45, 7) is -0.0583. The second kappa shape index (κ2) is 7.79. The van der Waals surface area contributed by atoms with Crippen LogP contribution in [0.5, 0.6) is 0 Å². The molecule has 2 aromatic carbocycles. The van der Waals surface area contributed by atoms with E-state index in [1.165, 1.54) is 24.3 Å². The highest BCUT2D eigenvalue weighted by Crippen LogP contribution is 2.13. The van der Waals surface area contributed by atoms with Gasteiger partial charge in [0.05, 0.1) is 11.4 Å². The molecule has 0 aliphatic carbocycles. The van der Waals surface area contributed by atoms with Crippen LogP contribution in [-0.4, -0.2) is 20.9 Å². The Morgan fingerprint density at radius 2 is 1.43 bits per heavy atom. The summed E-state index contributed by atoms with van der Waals surface area (Å²) >= 11 is 11.5. The van der Waals surface area contributed by atoms with Crippen LogP contribution in [0.3, 0.4) is 0 Å². The SMILES string of the molecule is O=C(CNS(=O)(=O)c1ccc(Cl)cc1)NCc1ccc(Cl)cc1. The van der Waals surface area contributed by atoms with E-state index in [9.17, 15) is 13.2 Å². The van der Waals surface area contributed by atoms with Crippen LogP contribution in [0.1, 0.15) is 5.56 Å².